The predicted octanol–water partition coefficient (Wildman–Crippen LogP) is 2.82. The number of rotatable bonds is 5. The number of nitrogens with one attached hydrogen (secondary N) is 1. The third-order valence-electron chi connectivity index (χ3n) is 5.34. The van der Waals surface area contributed by atoms with E-state index < -0.39 is 0 Å². The van der Waals surface area contributed by atoms with Gasteiger partial charge in [0.2, 0.25) is 5.89 Å². The molecule has 0 amide bonds. The van der Waals surface area contributed by atoms with Crippen LogP contribution in [0, 0.1) is 11.8 Å². The molecule has 0 bridgehead atoms. The molecule has 1 saturated heterocycles. The van der Waals surface area contributed by atoms with Crippen LogP contribution in [0.15, 0.2) is 9.52 Å². The number of hydrogen-bond donors (Lipinski definition) is 1. The summed E-state index contributed by atoms with van der Waals surface area (Å²) in [5.74, 6) is 4.67. The molecule has 0 radical (unpaired) electrons. The molecule has 6 nitrogen and oxygen atoms in total. The van der Waals surface area contributed by atoms with Gasteiger partial charge in [0.25, 0.3) is 0 Å². The Bertz CT molecular complexity index is 539. The zero-order valence-electron chi connectivity index (χ0n) is 15.3. The van der Waals surface area contributed by atoms with Gasteiger partial charge in [0.1, 0.15) is 0 Å². The van der Waals surface area contributed by atoms with E-state index in [2.05, 4.69) is 39.2 Å². The first-order chi connectivity index (χ1) is 11.7. The van der Waals surface area contributed by atoms with Crippen molar-refractivity contribution >= 4 is 5.96 Å². The maximum atomic E-state index is 5.29. The number of guanidine groups is 1. The Kier molecular flexibility index (Phi) is 5.74. The molecule has 1 N–H and O–H groups in total. The summed E-state index contributed by atoms with van der Waals surface area (Å²) in [6.45, 7) is 7.39. The van der Waals surface area contributed by atoms with E-state index in [0.717, 1.165) is 48.9 Å². The molecule has 2 fully saturated rings. The van der Waals surface area contributed by atoms with Gasteiger partial charge in [-0.3, -0.25) is 4.99 Å². The average Bonchev–Trinajstić information content (AvgIpc) is 3.21. The lowest BCUT2D eigenvalue weighted by molar-refractivity contribution is 0.299. The van der Waals surface area contributed by atoms with E-state index in [4.69, 9.17) is 4.52 Å². The summed E-state index contributed by atoms with van der Waals surface area (Å²) < 4.78 is 5.29. The molecule has 1 aromatic rings. The van der Waals surface area contributed by atoms with Crippen molar-refractivity contribution in [2.75, 3.05) is 26.7 Å². The fraction of sp³-hybridized carbons (Fsp3) is 0.833. The lowest BCUT2D eigenvalue weighted by Crippen LogP contribution is -2.40. The normalized spacial score (nSPS) is 24.5. The highest BCUT2D eigenvalue weighted by Crippen LogP contribution is 2.35. The molecule has 0 spiro atoms. The molecule has 1 saturated carbocycles. The highest BCUT2D eigenvalue weighted by atomic mass is 16.5. The maximum absolute atomic E-state index is 5.29. The monoisotopic (exact) mass is 333 g/mol. The molecule has 24 heavy (non-hydrogen) atoms. The van der Waals surface area contributed by atoms with Crippen molar-refractivity contribution in [1.82, 2.24) is 20.4 Å². The van der Waals surface area contributed by atoms with Gasteiger partial charge in [-0.25, -0.2) is 0 Å². The summed E-state index contributed by atoms with van der Waals surface area (Å²) >= 11 is 0. The smallest absolute Gasteiger partial charge is 0.226 e. The van der Waals surface area contributed by atoms with Gasteiger partial charge in [0.05, 0.1) is 0 Å². The zero-order valence-corrected chi connectivity index (χ0v) is 15.3. The van der Waals surface area contributed by atoms with Crippen LogP contribution in [0.4, 0.5) is 0 Å². The van der Waals surface area contributed by atoms with Crippen molar-refractivity contribution in [2.24, 2.45) is 16.8 Å². The number of aromatic nitrogens is 2. The summed E-state index contributed by atoms with van der Waals surface area (Å²) in [6, 6.07) is 0. The van der Waals surface area contributed by atoms with Crippen LogP contribution in [-0.4, -0.2) is 47.7 Å². The molecule has 2 aliphatic rings. The minimum Gasteiger partial charge on any atom is -0.356 e. The Labute approximate surface area is 145 Å². The molecular formula is C18H31N5O. The first-order valence-electron chi connectivity index (χ1n) is 9.45. The van der Waals surface area contributed by atoms with Crippen molar-refractivity contribution in [3.8, 4) is 0 Å². The number of fused-ring (bicyclic) bond motifs is 1. The second-order valence-corrected chi connectivity index (χ2v) is 7.49. The topological polar surface area (TPSA) is 66.5 Å². The van der Waals surface area contributed by atoms with Crippen molar-refractivity contribution < 1.29 is 4.52 Å². The third kappa shape index (κ3) is 4.08. The van der Waals surface area contributed by atoms with E-state index in [1.165, 1.54) is 38.8 Å². The summed E-state index contributed by atoms with van der Waals surface area (Å²) in [4.78, 5) is 11.4. The van der Waals surface area contributed by atoms with Gasteiger partial charge in [-0.1, -0.05) is 31.8 Å². The van der Waals surface area contributed by atoms with E-state index in [9.17, 15) is 0 Å². The highest BCUT2D eigenvalue weighted by molar-refractivity contribution is 5.80. The number of aliphatic imine (C=N–C) groups is 1. The van der Waals surface area contributed by atoms with E-state index in [1.54, 1.807) is 0 Å². The minimum absolute atomic E-state index is 0.318. The highest BCUT2D eigenvalue weighted by Gasteiger charge is 2.35. The molecule has 6 heteroatoms. The zero-order chi connectivity index (χ0) is 16.9. The molecule has 1 aliphatic heterocycles. The van der Waals surface area contributed by atoms with E-state index in [1.807, 2.05) is 7.05 Å². The second kappa shape index (κ2) is 7.99. The second-order valence-electron chi connectivity index (χ2n) is 7.49. The van der Waals surface area contributed by atoms with Gasteiger partial charge in [-0.2, -0.15) is 4.98 Å². The van der Waals surface area contributed by atoms with Gasteiger partial charge in [-0.15, -0.1) is 0 Å². The van der Waals surface area contributed by atoms with Crippen molar-refractivity contribution in [3.63, 3.8) is 0 Å². The number of nitrogens with zero attached hydrogens (tertiary/aromatic N) is 4. The lowest BCUT2D eigenvalue weighted by atomic mass is 9.82. The van der Waals surface area contributed by atoms with Gasteiger partial charge < -0.3 is 14.7 Å². The summed E-state index contributed by atoms with van der Waals surface area (Å²) in [5.41, 5.74) is 0. The van der Waals surface area contributed by atoms with Crippen LogP contribution >= 0.6 is 0 Å². The Morgan fingerprint density at radius 2 is 2.00 bits per heavy atom. The molecule has 3 rings (SSSR count). The minimum atomic E-state index is 0.318. The van der Waals surface area contributed by atoms with Crippen LogP contribution in [0.3, 0.4) is 0 Å². The fourth-order valence-corrected chi connectivity index (χ4v) is 3.95. The first kappa shape index (κ1) is 17.2. The largest absolute Gasteiger partial charge is 0.356 e. The van der Waals surface area contributed by atoms with Gasteiger partial charge in [0.15, 0.2) is 11.8 Å². The van der Waals surface area contributed by atoms with E-state index in [-0.39, 0.29) is 0 Å². The van der Waals surface area contributed by atoms with Crippen molar-refractivity contribution in [3.05, 3.63) is 11.7 Å². The fourth-order valence-electron chi connectivity index (χ4n) is 3.95. The Morgan fingerprint density at radius 3 is 2.58 bits per heavy atom. The molecule has 2 heterocycles. The Morgan fingerprint density at radius 1 is 1.29 bits per heavy atom. The average molecular weight is 333 g/mol. The molecule has 2 unspecified atom stereocenters. The lowest BCUT2D eigenvalue weighted by Gasteiger charge is -2.22. The quantitative estimate of drug-likeness (QED) is 0.510. The van der Waals surface area contributed by atoms with E-state index >= 15 is 0 Å². The predicted molar refractivity (Wildman–Crippen MR) is 95.1 cm³/mol. The summed E-state index contributed by atoms with van der Waals surface area (Å²) in [5, 5.41) is 7.52. The van der Waals surface area contributed by atoms with Crippen molar-refractivity contribution in [1.29, 1.82) is 0 Å². The standard InChI is InChI=1S/C18H31N5O/c1-13(2)17-21-16(24-22-17)9-6-10-20-18(19-3)23-11-14-7-4-5-8-15(14)12-23/h13-15H,4-12H2,1-3H3,(H,19,20). The Balaban J connectivity index is 1.41. The van der Waals surface area contributed by atoms with Gasteiger partial charge >= 0.3 is 0 Å². The van der Waals surface area contributed by atoms with Crippen LogP contribution in [0.2, 0.25) is 0 Å². The van der Waals surface area contributed by atoms with Gasteiger partial charge in [-0.05, 0) is 31.1 Å². The number of likely N-dealkylation sites (tertiary alicyclic amines) is 1. The molecule has 1 aromatic heterocycles. The van der Waals surface area contributed by atoms with Crippen molar-refractivity contribution in [2.45, 2.75) is 58.3 Å². The molecule has 2 atom stereocenters. The van der Waals surface area contributed by atoms with E-state index in [0.29, 0.717) is 5.92 Å². The molecule has 134 valence electrons. The van der Waals surface area contributed by atoms with Crippen LogP contribution in [0.5, 0.6) is 0 Å². The third-order valence-corrected chi connectivity index (χ3v) is 5.34. The van der Waals surface area contributed by atoms with Crippen LogP contribution in [-0.2, 0) is 6.42 Å². The maximum Gasteiger partial charge on any atom is 0.226 e. The SMILES string of the molecule is CN=C(NCCCc1nc(C(C)C)no1)N1CC2CCCCC2C1. The molecular weight excluding hydrogens is 302 g/mol. The Hall–Kier alpha value is -1.59. The first-order valence-corrected chi connectivity index (χ1v) is 9.45. The van der Waals surface area contributed by atoms with Crippen LogP contribution in [0.25, 0.3) is 0 Å². The summed E-state index contributed by atoms with van der Waals surface area (Å²) in [7, 11) is 1.89. The van der Waals surface area contributed by atoms with Crippen LogP contribution in [0.1, 0.15) is 63.6 Å². The summed E-state index contributed by atoms with van der Waals surface area (Å²) in [6.07, 6.45) is 7.39. The number of aryl methyl sites for hydroxylation is 1. The molecule has 1 aliphatic carbocycles. The molecule has 0 aromatic carbocycles. The number of hydrogen-bond acceptors (Lipinski definition) is 4. The van der Waals surface area contributed by atoms with Gasteiger partial charge in [0, 0.05) is 39.0 Å². The van der Waals surface area contributed by atoms with Crippen LogP contribution < -0.4 is 5.32 Å².